The molecule has 0 spiro atoms. The van der Waals surface area contributed by atoms with Gasteiger partial charge in [0.1, 0.15) is 11.6 Å². The molecule has 3 aromatic rings. The number of aliphatic hydroxyl groups excluding tert-OH is 1. The Kier molecular flexibility index (Phi) is 5.75. The summed E-state index contributed by atoms with van der Waals surface area (Å²) in [7, 11) is 0. The van der Waals surface area contributed by atoms with E-state index in [1.165, 1.54) is 16.2 Å². The lowest BCUT2D eigenvalue weighted by Gasteiger charge is -2.25. The van der Waals surface area contributed by atoms with Crippen LogP contribution in [-0.2, 0) is 6.54 Å². The molecule has 1 aromatic heterocycles. The van der Waals surface area contributed by atoms with Crippen LogP contribution in [-0.4, -0.2) is 22.5 Å². The number of thiophene rings is 1. The highest BCUT2D eigenvalue weighted by atomic mass is 32.1. The van der Waals surface area contributed by atoms with E-state index in [0.717, 1.165) is 23.8 Å². The van der Waals surface area contributed by atoms with Gasteiger partial charge < -0.3 is 10.0 Å². The smallest absolute Gasteiger partial charge is 0.254 e. The van der Waals surface area contributed by atoms with Gasteiger partial charge in [-0.05, 0) is 40.1 Å². The van der Waals surface area contributed by atoms with Crippen LogP contribution in [0.3, 0.4) is 0 Å². The van der Waals surface area contributed by atoms with Gasteiger partial charge in [-0.3, -0.25) is 4.79 Å². The second-order valence-electron chi connectivity index (χ2n) is 5.90. The third-order valence-electron chi connectivity index (χ3n) is 3.93. The zero-order chi connectivity index (χ0) is 18.5. The highest BCUT2D eigenvalue weighted by Crippen LogP contribution is 2.20. The number of carbonyl (C=O) groups excluding carboxylic acids is 1. The fraction of sp³-hybridized carbons (Fsp3) is 0.150. The molecule has 1 atom stereocenters. The molecule has 0 aliphatic heterocycles. The maximum absolute atomic E-state index is 13.5. The number of benzene rings is 2. The summed E-state index contributed by atoms with van der Waals surface area (Å²) in [4.78, 5) is 14.2. The van der Waals surface area contributed by atoms with Crippen LogP contribution in [0.25, 0.3) is 0 Å². The summed E-state index contributed by atoms with van der Waals surface area (Å²) < 4.78 is 27.0. The van der Waals surface area contributed by atoms with Crippen LogP contribution in [0.5, 0.6) is 0 Å². The molecule has 1 heterocycles. The van der Waals surface area contributed by atoms with Gasteiger partial charge in [-0.2, -0.15) is 11.3 Å². The van der Waals surface area contributed by atoms with E-state index in [2.05, 4.69) is 0 Å². The fourth-order valence-corrected chi connectivity index (χ4v) is 3.37. The van der Waals surface area contributed by atoms with Gasteiger partial charge in [0.05, 0.1) is 12.6 Å². The molecule has 3 nitrogen and oxygen atoms in total. The largest absolute Gasteiger partial charge is 0.387 e. The first-order chi connectivity index (χ1) is 12.5. The molecule has 1 N–H and O–H groups in total. The van der Waals surface area contributed by atoms with Gasteiger partial charge in [-0.1, -0.05) is 30.3 Å². The van der Waals surface area contributed by atoms with Crippen molar-refractivity contribution in [1.82, 2.24) is 4.90 Å². The summed E-state index contributed by atoms with van der Waals surface area (Å²) in [5, 5.41) is 14.1. The zero-order valence-electron chi connectivity index (χ0n) is 13.8. The molecule has 0 saturated carbocycles. The summed E-state index contributed by atoms with van der Waals surface area (Å²) in [5.74, 6) is -2.17. The number of aliphatic hydroxyl groups is 1. The van der Waals surface area contributed by atoms with Crippen molar-refractivity contribution in [3.05, 3.63) is 93.7 Å². The van der Waals surface area contributed by atoms with E-state index in [9.17, 15) is 18.7 Å². The van der Waals surface area contributed by atoms with Crippen LogP contribution in [0.15, 0.2) is 65.4 Å². The molecule has 6 heteroatoms. The molecule has 134 valence electrons. The molecule has 26 heavy (non-hydrogen) atoms. The predicted octanol–water partition coefficient (Wildman–Crippen LogP) is 4.40. The Morgan fingerprint density at radius 2 is 1.77 bits per heavy atom. The number of nitrogens with zero attached hydrogens (tertiary/aromatic N) is 1. The molecular weight excluding hydrogens is 356 g/mol. The molecule has 2 aromatic carbocycles. The van der Waals surface area contributed by atoms with E-state index in [1.807, 2.05) is 35.7 Å². The summed E-state index contributed by atoms with van der Waals surface area (Å²) >= 11 is 1.45. The van der Waals surface area contributed by atoms with Crippen molar-refractivity contribution in [2.45, 2.75) is 12.6 Å². The standard InChI is InChI=1S/C20H17F2NO2S/c21-17-8-16(9-18(22)10-17)20(25)23(11-14-4-2-1-3-5-14)12-19(24)15-6-7-26-13-15/h1-10,13,19,24H,11-12H2/t19-/m1/s1. The van der Waals surface area contributed by atoms with Crippen LogP contribution in [0.4, 0.5) is 8.78 Å². The monoisotopic (exact) mass is 373 g/mol. The first-order valence-electron chi connectivity index (χ1n) is 8.02. The van der Waals surface area contributed by atoms with Crippen molar-refractivity contribution >= 4 is 17.2 Å². The van der Waals surface area contributed by atoms with Crippen molar-refractivity contribution in [1.29, 1.82) is 0 Å². The van der Waals surface area contributed by atoms with E-state index >= 15 is 0 Å². The number of carbonyl (C=O) groups is 1. The van der Waals surface area contributed by atoms with Crippen LogP contribution in [0.1, 0.15) is 27.6 Å². The maximum atomic E-state index is 13.5. The summed E-state index contributed by atoms with van der Waals surface area (Å²) in [5.41, 5.74) is 1.47. The summed E-state index contributed by atoms with van der Waals surface area (Å²) in [6.45, 7) is 0.238. The lowest BCUT2D eigenvalue weighted by atomic mass is 10.1. The minimum atomic E-state index is -0.882. The number of hydrogen-bond acceptors (Lipinski definition) is 3. The molecule has 0 fully saturated rings. The highest BCUT2D eigenvalue weighted by Gasteiger charge is 2.22. The zero-order valence-corrected chi connectivity index (χ0v) is 14.6. The molecule has 1 amide bonds. The molecular formula is C20H17F2NO2S. The molecule has 0 radical (unpaired) electrons. The average Bonchev–Trinajstić information content (AvgIpc) is 3.15. The first kappa shape index (κ1) is 18.2. The summed E-state index contributed by atoms with van der Waals surface area (Å²) in [6, 6.07) is 13.7. The number of amides is 1. The lowest BCUT2D eigenvalue weighted by molar-refractivity contribution is 0.0603. The quantitative estimate of drug-likeness (QED) is 0.696. The van der Waals surface area contributed by atoms with E-state index in [4.69, 9.17) is 0 Å². The van der Waals surface area contributed by atoms with Gasteiger partial charge in [0.15, 0.2) is 0 Å². The van der Waals surface area contributed by atoms with Gasteiger partial charge in [-0.15, -0.1) is 0 Å². The van der Waals surface area contributed by atoms with Crippen LogP contribution < -0.4 is 0 Å². The molecule has 0 saturated heterocycles. The highest BCUT2D eigenvalue weighted by molar-refractivity contribution is 7.07. The van der Waals surface area contributed by atoms with Crippen molar-refractivity contribution in [2.24, 2.45) is 0 Å². The van der Waals surface area contributed by atoms with Gasteiger partial charge in [0.25, 0.3) is 5.91 Å². The summed E-state index contributed by atoms with van der Waals surface area (Å²) in [6.07, 6.45) is -0.882. The third kappa shape index (κ3) is 4.53. The third-order valence-corrected chi connectivity index (χ3v) is 4.64. The van der Waals surface area contributed by atoms with Gasteiger partial charge in [0.2, 0.25) is 0 Å². The molecule has 3 rings (SSSR count). The van der Waals surface area contributed by atoms with Crippen molar-refractivity contribution in [2.75, 3.05) is 6.54 Å². The molecule has 0 unspecified atom stereocenters. The number of halogens is 2. The Morgan fingerprint density at radius 3 is 2.38 bits per heavy atom. The van der Waals surface area contributed by atoms with Gasteiger partial charge in [-0.25, -0.2) is 8.78 Å². The van der Waals surface area contributed by atoms with Gasteiger partial charge in [0, 0.05) is 18.2 Å². The minimum absolute atomic E-state index is 0.0165. The maximum Gasteiger partial charge on any atom is 0.254 e. The number of rotatable bonds is 6. The Bertz CT molecular complexity index is 849. The second kappa shape index (κ2) is 8.21. The lowest BCUT2D eigenvalue weighted by Crippen LogP contribution is -2.34. The number of hydrogen-bond donors (Lipinski definition) is 1. The minimum Gasteiger partial charge on any atom is -0.387 e. The van der Waals surface area contributed by atoms with E-state index in [0.29, 0.717) is 5.56 Å². The Labute approximate surface area is 154 Å². The molecule has 0 aliphatic carbocycles. The molecule has 0 bridgehead atoms. The van der Waals surface area contributed by atoms with Crippen LogP contribution in [0.2, 0.25) is 0 Å². The Hall–Kier alpha value is -2.57. The van der Waals surface area contributed by atoms with Crippen molar-refractivity contribution in [3.8, 4) is 0 Å². The van der Waals surface area contributed by atoms with E-state index < -0.39 is 23.6 Å². The Balaban J connectivity index is 1.87. The van der Waals surface area contributed by atoms with Crippen molar-refractivity contribution < 1.29 is 18.7 Å². The topological polar surface area (TPSA) is 40.5 Å². The average molecular weight is 373 g/mol. The fourth-order valence-electron chi connectivity index (χ4n) is 2.66. The normalized spacial score (nSPS) is 12.0. The van der Waals surface area contributed by atoms with E-state index in [1.54, 1.807) is 11.4 Å². The second-order valence-corrected chi connectivity index (χ2v) is 6.68. The van der Waals surface area contributed by atoms with Crippen LogP contribution >= 0.6 is 11.3 Å². The van der Waals surface area contributed by atoms with E-state index in [-0.39, 0.29) is 18.7 Å². The Morgan fingerprint density at radius 1 is 1.08 bits per heavy atom. The van der Waals surface area contributed by atoms with Gasteiger partial charge >= 0.3 is 0 Å². The van der Waals surface area contributed by atoms with Crippen molar-refractivity contribution in [3.63, 3.8) is 0 Å². The first-order valence-corrected chi connectivity index (χ1v) is 8.96. The SMILES string of the molecule is O=C(c1cc(F)cc(F)c1)N(Cc1ccccc1)C[C@@H](O)c1ccsc1. The van der Waals surface area contributed by atoms with Crippen LogP contribution in [0, 0.1) is 11.6 Å². The molecule has 0 aliphatic rings. The predicted molar refractivity (Wildman–Crippen MR) is 96.8 cm³/mol.